The van der Waals surface area contributed by atoms with E-state index in [-0.39, 0.29) is 0 Å². The van der Waals surface area contributed by atoms with E-state index >= 15 is 0 Å². The first-order valence-electron chi connectivity index (χ1n) is 6.23. The van der Waals surface area contributed by atoms with Crippen molar-refractivity contribution >= 4 is 27.2 Å². The topological polar surface area (TPSA) is 51.0 Å². The molecule has 0 amide bonds. The van der Waals surface area contributed by atoms with Crippen LogP contribution in [0.5, 0.6) is 0 Å². The molecule has 0 bridgehead atoms. The second-order valence-corrected chi connectivity index (χ2v) is 5.39. The standard InChI is InChI=1S/C14H15N3OS/c1-9-11(10(2)18-17-9)3-6-15-12-4-7-16-13-5-8-19-14(12)13/h4-5,7-8H,3,6H2,1-2H3,(H,15,16). The summed E-state index contributed by atoms with van der Waals surface area (Å²) in [6.45, 7) is 4.80. The third kappa shape index (κ3) is 2.33. The van der Waals surface area contributed by atoms with Crippen molar-refractivity contribution in [2.75, 3.05) is 11.9 Å². The zero-order chi connectivity index (χ0) is 13.2. The Hall–Kier alpha value is -1.88. The van der Waals surface area contributed by atoms with Crippen molar-refractivity contribution in [1.29, 1.82) is 0 Å². The molecular formula is C14H15N3OS. The molecule has 0 aliphatic heterocycles. The molecule has 0 atom stereocenters. The Morgan fingerprint density at radius 1 is 1.32 bits per heavy atom. The predicted molar refractivity (Wildman–Crippen MR) is 77.8 cm³/mol. The van der Waals surface area contributed by atoms with Gasteiger partial charge in [0.15, 0.2) is 0 Å². The van der Waals surface area contributed by atoms with E-state index in [9.17, 15) is 0 Å². The first-order chi connectivity index (χ1) is 9.25. The van der Waals surface area contributed by atoms with Gasteiger partial charge >= 0.3 is 0 Å². The Labute approximate surface area is 115 Å². The van der Waals surface area contributed by atoms with Gasteiger partial charge in [-0.05, 0) is 37.8 Å². The summed E-state index contributed by atoms with van der Waals surface area (Å²) in [4.78, 5) is 4.33. The van der Waals surface area contributed by atoms with Crippen LogP contribution < -0.4 is 5.32 Å². The Balaban J connectivity index is 1.71. The number of rotatable bonds is 4. The highest BCUT2D eigenvalue weighted by atomic mass is 32.1. The lowest BCUT2D eigenvalue weighted by Crippen LogP contribution is -2.06. The smallest absolute Gasteiger partial charge is 0.137 e. The second kappa shape index (κ2) is 5.01. The number of aryl methyl sites for hydroxylation is 2. The maximum Gasteiger partial charge on any atom is 0.137 e. The number of nitrogens with one attached hydrogen (secondary N) is 1. The van der Waals surface area contributed by atoms with E-state index < -0.39 is 0 Å². The van der Waals surface area contributed by atoms with Gasteiger partial charge in [-0.15, -0.1) is 11.3 Å². The normalized spacial score (nSPS) is 11.1. The molecular weight excluding hydrogens is 258 g/mol. The van der Waals surface area contributed by atoms with Gasteiger partial charge in [0.05, 0.1) is 21.6 Å². The monoisotopic (exact) mass is 273 g/mol. The fraction of sp³-hybridized carbons (Fsp3) is 0.286. The summed E-state index contributed by atoms with van der Waals surface area (Å²) in [6, 6.07) is 4.06. The van der Waals surface area contributed by atoms with Crippen LogP contribution in [0.4, 0.5) is 5.69 Å². The Morgan fingerprint density at radius 2 is 2.21 bits per heavy atom. The van der Waals surface area contributed by atoms with Crippen LogP contribution in [0.25, 0.3) is 10.2 Å². The molecule has 4 nitrogen and oxygen atoms in total. The second-order valence-electron chi connectivity index (χ2n) is 4.47. The number of thiophene rings is 1. The highest BCUT2D eigenvalue weighted by Crippen LogP contribution is 2.26. The average molecular weight is 273 g/mol. The predicted octanol–water partition coefficient (Wildman–Crippen LogP) is 3.56. The Kier molecular flexibility index (Phi) is 3.21. The summed E-state index contributed by atoms with van der Waals surface area (Å²) < 4.78 is 6.38. The molecule has 3 aromatic rings. The van der Waals surface area contributed by atoms with E-state index in [0.29, 0.717) is 0 Å². The number of nitrogens with zero attached hydrogens (tertiary/aromatic N) is 2. The molecule has 5 heteroatoms. The molecule has 0 radical (unpaired) electrons. The fourth-order valence-corrected chi connectivity index (χ4v) is 3.04. The minimum absolute atomic E-state index is 0.861. The van der Waals surface area contributed by atoms with Crippen molar-refractivity contribution in [2.45, 2.75) is 20.3 Å². The first-order valence-corrected chi connectivity index (χ1v) is 7.11. The van der Waals surface area contributed by atoms with Gasteiger partial charge in [-0.1, -0.05) is 5.16 Å². The molecule has 0 spiro atoms. The van der Waals surface area contributed by atoms with Crippen molar-refractivity contribution in [3.63, 3.8) is 0 Å². The van der Waals surface area contributed by atoms with E-state index in [0.717, 1.165) is 35.6 Å². The van der Waals surface area contributed by atoms with Crippen molar-refractivity contribution in [3.8, 4) is 0 Å². The van der Waals surface area contributed by atoms with Crippen LogP contribution in [0.1, 0.15) is 17.0 Å². The van der Waals surface area contributed by atoms with Gasteiger partial charge in [0.1, 0.15) is 5.76 Å². The van der Waals surface area contributed by atoms with E-state index in [1.807, 2.05) is 32.2 Å². The van der Waals surface area contributed by atoms with Crippen molar-refractivity contribution in [3.05, 3.63) is 40.7 Å². The molecule has 0 aliphatic carbocycles. The van der Waals surface area contributed by atoms with Gasteiger partial charge < -0.3 is 9.84 Å². The molecule has 0 aromatic carbocycles. The van der Waals surface area contributed by atoms with Gasteiger partial charge in [0.25, 0.3) is 0 Å². The highest BCUT2D eigenvalue weighted by Gasteiger charge is 2.08. The minimum atomic E-state index is 0.861. The average Bonchev–Trinajstić information content (AvgIpc) is 3.00. The largest absolute Gasteiger partial charge is 0.383 e. The molecule has 3 heterocycles. The molecule has 0 aliphatic rings. The number of fused-ring (bicyclic) bond motifs is 1. The molecule has 1 N–H and O–H groups in total. The van der Waals surface area contributed by atoms with Crippen LogP contribution in [0, 0.1) is 13.8 Å². The minimum Gasteiger partial charge on any atom is -0.383 e. The van der Waals surface area contributed by atoms with Crippen molar-refractivity contribution in [2.24, 2.45) is 0 Å². The van der Waals surface area contributed by atoms with Crippen molar-refractivity contribution < 1.29 is 4.52 Å². The lowest BCUT2D eigenvalue weighted by atomic mass is 10.1. The zero-order valence-corrected chi connectivity index (χ0v) is 11.8. The number of pyridine rings is 1. The van der Waals surface area contributed by atoms with Gasteiger partial charge in [0.2, 0.25) is 0 Å². The van der Waals surface area contributed by atoms with Crippen LogP contribution in [0.15, 0.2) is 28.2 Å². The summed E-state index contributed by atoms with van der Waals surface area (Å²) in [5, 5.41) is 9.51. The summed E-state index contributed by atoms with van der Waals surface area (Å²) in [6.07, 6.45) is 2.75. The molecule has 3 rings (SSSR count). The molecule has 0 saturated heterocycles. The molecule has 0 unspecified atom stereocenters. The molecule has 19 heavy (non-hydrogen) atoms. The summed E-state index contributed by atoms with van der Waals surface area (Å²) in [5.74, 6) is 0.912. The Bertz CT molecular complexity index is 682. The molecule has 0 fully saturated rings. The van der Waals surface area contributed by atoms with Gasteiger partial charge in [-0.25, -0.2) is 0 Å². The number of hydrogen-bond acceptors (Lipinski definition) is 5. The third-order valence-electron chi connectivity index (χ3n) is 3.22. The summed E-state index contributed by atoms with van der Waals surface area (Å²) >= 11 is 1.71. The summed E-state index contributed by atoms with van der Waals surface area (Å²) in [5.41, 5.74) is 4.37. The first kappa shape index (κ1) is 12.2. The maximum absolute atomic E-state index is 5.17. The number of anilines is 1. The molecule has 0 saturated carbocycles. The van der Waals surface area contributed by atoms with E-state index in [1.165, 1.54) is 10.3 Å². The maximum atomic E-state index is 5.17. The van der Waals surface area contributed by atoms with Crippen LogP contribution in [0.3, 0.4) is 0 Å². The van der Waals surface area contributed by atoms with Crippen LogP contribution in [-0.2, 0) is 6.42 Å². The van der Waals surface area contributed by atoms with Crippen LogP contribution >= 0.6 is 11.3 Å². The lowest BCUT2D eigenvalue weighted by Gasteiger charge is -2.07. The quantitative estimate of drug-likeness (QED) is 0.789. The van der Waals surface area contributed by atoms with Crippen LogP contribution in [-0.4, -0.2) is 16.7 Å². The van der Waals surface area contributed by atoms with Gasteiger partial charge in [0, 0.05) is 18.3 Å². The third-order valence-corrected chi connectivity index (χ3v) is 4.15. The van der Waals surface area contributed by atoms with E-state index in [2.05, 4.69) is 20.8 Å². The summed E-state index contributed by atoms with van der Waals surface area (Å²) in [7, 11) is 0. The van der Waals surface area contributed by atoms with E-state index in [4.69, 9.17) is 4.52 Å². The molecule has 3 aromatic heterocycles. The highest BCUT2D eigenvalue weighted by molar-refractivity contribution is 7.17. The SMILES string of the molecule is Cc1noc(C)c1CCNc1ccnc2ccsc12. The lowest BCUT2D eigenvalue weighted by molar-refractivity contribution is 0.392. The van der Waals surface area contributed by atoms with Gasteiger partial charge in [-0.3, -0.25) is 4.98 Å². The molecule has 98 valence electrons. The van der Waals surface area contributed by atoms with Crippen LogP contribution in [0.2, 0.25) is 0 Å². The van der Waals surface area contributed by atoms with Crippen molar-refractivity contribution in [1.82, 2.24) is 10.1 Å². The van der Waals surface area contributed by atoms with Gasteiger partial charge in [-0.2, -0.15) is 0 Å². The Morgan fingerprint density at radius 3 is 3.00 bits per heavy atom. The number of hydrogen-bond donors (Lipinski definition) is 1. The van der Waals surface area contributed by atoms with E-state index in [1.54, 1.807) is 11.3 Å². The number of aromatic nitrogens is 2. The fourth-order valence-electron chi connectivity index (χ4n) is 2.19. The zero-order valence-electron chi connectivity index (χ0n) is 10.9.